The molecule has 27 heavy (non-hydrogen) atoms. The number of benzene rings is 1. The summed E-state index contributed by atoms with van der Waals surface area (Å²) in [4.78, 5) is 4.50. The number of piperidine rings is 1. The molecule has 142 valence electrons. The van der Waals surface area contributed by atoms with Gasteiger partial charge >= 0.3 is 0 Å². The second-order valence-electron chi connectivity index (χ2n) is 7.02. The quantitative estimate of drug-likeness (QED) is 0.820. The Bertz CT molecular complexity index is 933. The first-order chi connectivity index (χ1) is 13.1. The van der Waals surface area contributed by atoms with Gasteiger partial charge in [-0.2, -0.15) is 9.41 Å². The second-order valence-corrected chi connectivity index (χ2v) is 8.96. The molecule has 2 aromatic rings. The first-order valence-corrected chi connectivity index (χ1v) is 11.0. The monoisotopic (exact) mass is 384 g/mol. The van der Waals surface area contributed by atoms with Gasteiger partial charge in [-0.1, -0.05) is 30.7 Å². The van der Waals surface area contributed by atoms with Crippen molar-refractivity contribution >= 4 is 21.6 Å². The number of sulfonamides is 1. The van der Waals surface area contributed by atoms with Crippen LogP contribution in [0.3, 0.4) is 0 Å². The molecule has 0 saturated carbocycles. The van der Waals surface area contributed by atoms with Crippen molar-refractivity contribution in [2.45, 2.75) is 43.4 Å². The normalized spacial score (nSPS) is 19.6. The summed E-state index contributed by atoms with van der Waals surface area (Å²) in [5.41, 5.74) is 6.50. The van der Waals surface area contributed by atoms with Crippen LogP contribution < -0.4 is 5.43 Å². The molecule has 1 aliphatic carbocycles. The lowest BCUT2D eigenvalue weighted by Gasteiger charge is -2.25. The zero-order valence-electron chi connectivity index (χ0n) is 15.3. The number of fused-ring (bicyclic) bond motifs is 1. The topological polar surface area (TPSA) is 74.7 Å². The van der Waals surface area contributed by atoms with Crippen molar-refractivity contribution in [1.29, 1.82) is 0 Å². The third-order valence-electron chi connectivity index (χ3n) is 5.18. The van der Waals surface area contributed by atoms with E-state index in [2.05, 4.69) is 33.7 Å². The van der Waals surface area contributed by atoms with Crippen LogP contribution in [-0.2, 0) is 16.4 Å². The van der Waals surface area contributed by atoms with E-state index >= 15 is 0 Å². The molecule has 7 heteroatoms. The van der Waals surface area contributed by atoms with Crippen LogP contribution in [0.4, 0.5) is 5.82 Å². The minimum absolute atomic E-state index is 0.241. The molecule has 1 aliphatic heterocycles. The lowest BCUT2D eigenvalue weighted by molar-refractivity contribution is 0.346. The van der Waals surface area contributed by atoms with Crippen molar-refractivity contribution in [1.82, 2.24) is 9.29 Å². The average molecular weight is 385 g/mol. The van der Waals surface area contributed by atoms with Crippen LogP contribution in [-0.4, -0.2) is 36.5 Å². The van der Waals surface area contributed by atoms with E-state index in [1.54, 1.807) is 16.4 Å². The number of hydrazone groups is 1. The van der Waals surface area contributed by atoms with Crippen LogP contribution in [0.1, 0.15) is 43.2 Å². The molecular formula is C20H24N4O2S. The van der Waals surface area contributed by atoms with Gasteiger partial charge in [-0.15, -0.1) is 0 Å². The smallest absolute Gasteiger partial charge is 0.244 e. The highest BCUT2D eigenvalue weighted by Gasteiger charge is 2.26. The van der Waals surface area contributed by atoms with E-state index in [4.69, 9.17) is 0 Å². The van der Waals surface area contributed by atoms with E-state index in [1.807, 2.05) is 6.07 Å². The van der Waals surface area contributed by atoms with Gasteiger partial charge in [0.15, 0.2) is 0 Å². The number of aryl methyl sites for hydroxylation is 1. The van der Waals surface area contributed by atoms with Gasteiger partial charge in [0, 0.05) is 24.8 Å². The number of hydrogen-bond acceptors (Lipinski definition) is 5. The first kappa shape index (κ1) is 18.1. The van der Waals surface area contributed by atoms with E-state index in [-0.39, 0.29) is 4.90 Å². The molecule has 4 rings (SSSR count). The van der Waals surface area contributed by atoms with Crippen molar-refractivity contribution in [3.8, 4) is 0 Å². The molecule has 1 N–H and O–H groups in total. The van der Waals surface area contributed by atoms with Crippen LogP contribution >= 0.6 is 0 Å². The fourth-order valence-electron chi connectivity index (χ4n) is 3.70. The van der Waals surface area contributed by atoms with Gasteiger partial charge in [0.1, 0.15) is 10.7 Å². The number of anilines is 1. The molecule has 1 fully saturated rings. The van der Waals surface area contributed by atoms with Gasteiger partial charge in [-0.25, -0.2) is 13.4 Å². The van der Waals surface area contributed by atoms with E-state index < -0.39 is 10.0 Å². The number of aromatic nitrogens is 1. The van der Waals surface area contributed by atoms with Crippen molar-refractivity contribution in [3.63, 3.8) is 0 Å². The molecule has 0 bridgehead atoms. The van der Waals surface area contributed by atoms with Crippen LogP contribution in [0.5, 0.6) is 0 Å². The SMILES string of the molecule is O=S(=O)(c1ccc(N/N=C2/CCCc3ccccc32)nc1)N1CCCCC1. The average Bonchev–Trinajstić information content (AvgIpc) is 2.73. The summed E-state index contributed by atoms with van der Waals surface area (Å²) in [5, 5.41) is 4.52. The predicted octanol–water partition coefficient (Wildman–Crippen LogP) is 3.41. The maximum absolute atomic E-state index is 12.7. The summed E-state index contributed by atoms with van der Waals surface area (Å²) >= 11 is 0. The molecule has 0 amide bonds. The number of nitrogens with one attached hydrogen (secondary N) is 1. The lowest BCUT2D eigenvalue weighted by atomic mass is 9.90. The van der Waals surface area contributed by atoms with Gasteiger partial charge in [-0.3, -0.25) is 5.43 Å². The zero-order valence-corrected chi connectivity index (χ0v) is 16.1. The largest absolute Gasteiger partial charge is 0.261 e. The second kappa shape index (κ2) is 7.78. The maximum Gasteiger partial charge on any atom is 0.244 e. The predicted molar refractivity (Wildman–Crippen MR) is 106 cm³/mol. The van der Waals surface area contributed by atoms with Crippen molar-refractivity contribution in [3.05, 3.63) is 53.7 Å². The van der Waals surface area contributed by atoms with Gasteiger partial charge in [0.2, 0.25) is 10.0 Å². The standard InChI is InChI=1S/C20H24N4O2S/c25-27(26,24-13-4-1-5-14-24)17-11-12-20(21-15-17)23-22-19-10-6-8-16-7-2-3-9-18(16)19/h2-3,7,9,11-12,15H,1,4-6,8,10,13-14H2,(H,21,23)/b22-19-. The Balaban J connectivity index is 1.49. The van der Waals surface area contributed by atoms with Crippen molar-refractivity contribution in [2.24, 2.45) is 5.10 Å². The van der Waals surface area contributed by atoms with E-state index in [0.717, 1.165) is 44.2 Å². The molecule has 0 spiro atoms. The highest BCUT2D eigenvalue weighted by molar-refractivity contribution is 7.89. The molecule has 2 heterocycles. The van der Waals surface area contributed by atoms with Crippen LogP contribution in [0.15, 0.2) is 52.6 Å². The van der Waals surface area contributed by atoms with Gasteiger partial charge in [0.05, 0.1) is 5.71 Å². The number of pyridine rings is 1. The molecule has 6 nitrogen and oxygen atoms in total. The summed E-state index contributed by atoms with van der Waals surface area (Å²) in [6.07, 6.45) is 7.44. The molecule has 0 atom stereocenters. The highest BCUT2D eigenvalue weighted by atomic mass is 32.2. The maximum atomic E-state index is 12.7. The minimum atomic E-state index is -3.45. The molecular weight excluding hydrogens is 360 g/mol. The summed E-state index contributed by atoms with van der Waals surface area (Å²) in [6.45, 7) is 1.19. The zero-order chi connectivity index (χ0) is 18.7. The van der Waals surface area contributed by atoms with Crippen molar-refractivity contribution < 1.29 is 8.42 Å². The van der Waals surface area contributed by atoms with E-state index in [1.165, 1.54) is 17.3 Å². The lowest BCUT2D eigenvalue weighted by Crippen LogP contribution is -2.35. The number of rotatable bonds is 4. The summed E-state index contributed by atoms with van der Waals surface area (Å²) in [5.74, 6) is 0.545. The summed E-state index contributed by atoms with van der Waals surface area (Å²) in [7, 11) is -3.45. The number of nitrogens with zero attached hydrogens (tertiary/aromatic N) is 3. The molecule has 1 aromatic carbocycles. The van der Waals surface area contributed by atoms with Crippen LogP contribution in [0.2, 0.25) is 0 Å². The Hall–Kier alpha value is -2.25. The molecule has 0 radical (unpaired) electrons. The summed E-state index contributed by atoms with van der Waals surface area (Å²) in [6, 6.07) is 11.6. The van der Waals surface area contributed by atoms with E-state index in [0.29, 0.717) is 18.9 Å². The number of hydrogen-bond donors (Lipinski definition) is 1. The fourth-order valence-corrected chi connectivity index (χ4v) is 5.16. The van der Waals surface area contributed by atoms with Gasteiger partial charge < -0.3 is 0 Å². The molecule has 0 unspecified atom stereocenters. The Kier molecular flexibility index (Phi) is 5.22. The van der Waals surface area contributed by atoms with Crippen molar-refractivity contribution in [2.75, 3.05) is 18.5 Å². The van der Waals surface area contributed by atoms with Gasteiger partial charge in [0.25, 0.3) is 0 Å². The first-order valence-electron chi connectivity index (χ1n) is 9.52. The Morgan fingerprint density at radius 1 is 0.963 bits per heavy atom. The van der Waals surface area contributed by atoms with Crippen LogP contribution in [0, 0.1) is 0 Å². The Morgan fingerprint density at radius 3 is 2.56 bits per heavy atom. The molecule has 1 saturated heterocycles. The summed E-state index contributed by atoms with van der Waals surface area (Å²) < 4.78 is 26.9. The molecule has 1 aromatic heterocycles. The molecule has 2 aliphatic rings. The fraction of sp³-hybridized carbons (Fsp3) is 0.400. The highest BCUT2D eigenvalue weighted by Crippen LogP contribution is 2.23. The van der Waals surface area contributed by atoms with Gasteiger partial charge in [-0.05, 0) is 49.8 Å². The Morgan fingerprint density at radius 2 is 1.78 bits per heavy atom. The minimum Gasteiger partial charge on any atom is -0.261 e. The van der Waals surface area contributed by atoms with E-state index in [9.17, 15) is 8.42 Å². The Labute approximate surface area is 160 Å². The van der Waals surface area contributed by atoms with Crippen LogP contribution in [0.25, 0.3) is 0 Å². The third kappa shape index (κ3) is 3.89. The third-order valence-corrected chi connectivity index (χ3v) is 7.06.